The van der Waals surface area contributed by atoms with E-state index in [1.165, 1.54) is 37.7 Å². The molecule has 1 saturated carbocycles. The first-order valence-corrected chi connectivity index (χ1v) is 7.75. The first-order valence-electron chi connectivity index (χ1n) is 7.75. The summed E-state index contributed by atoms with van der Waals surface area (Å²) >= 11 is 0. The zero-order valence-electron chi connectivity index (χ0n) is 13.2. The minimum absolute atomic E-state index is 0.487. The predicted octanol–water partition coefficient (Wildman–Crippen LogP) is 4.78. The summed E-state index contributed by atoms with van der Waals surface area (Å²) in [4.78, 5) is 0. The molecule has 18 heavy (non-hydrogen) atoms. The lowest BCUT2D eigenvalue weighted by Gasteiger charge is -2.40. The van der Waals surface area contributed by atoms with Crippen molar-refractivity contribution >= 4 is 0 Å². The lowest BCUT2D eigenvalue weighted by molar-refractivity contribution is 0.138. The Morgan fingerprint density at radius 2 is 1.78 bits per heavy atom. The summed E-state index contributed by atoms with van der Waals surface area (Å²) in [5, 5.41) is 3.69. The van der Waals surface area contributed by atoms with Gasteiger partial charge in [-0.3, -0.25) is 0 Å². The highest BCUT2D eigenvalue weighted by atomic mass is 14.9. The van der Waals surface area contributed by atoms with Crippen LogP contribution in [0.4, 0.5) is 0 Å². The lowest BCUT2D eigenvalue weighted by atomic mass is 9.68. The van der Waals surface area contributed by atoms with E-state index in [-0.39, 0.29) is 0 Å². The molecule has 0 heterocycles. The molecule has 1 unspecified atom stereocenters. The molecule has 1 atom stereocenters. The Balaban J connectivity index is 2.51. The number of nitrogens with one attached hydrogen (secondary N) is 1. The molecule has 0 bridgehead atoms. The second-order valence-corrected chi connectivity index (χ2v) is 7.26. The van der Waals surface area contributed by atoms with Crippen molar-refractivity contribution in [2.45, 2.75) is 72.8 Å². The van der Waals surface area contributed by atoms with E-state index in [9.17, 15) is 0 Å². The van der Waals surface area contributed by atoms with Gasteiger partial charge < -0.3 is 5.32 Å². The van der Waals surface area contributed by atoms with Crippen LogP contribution < -0.4 is 5.32 Å². The second-order valence-electron chi connectivity index (χ2n) is 7.26. The van der Waals surface area contributed by atoms with Crippen molar-refractivity contribution in [3.63, 3.8) is 0 Å². The topological polar surface area (TPSA) is 12.0 Å². The highest BCUT2D eigenvalue weighted by molar-refractivity contribution is 5.05. The molecule has 0 radical (unpaired) electrons. The van der Waals surface area contributed by atoms with Gasteiger partial charge in [-0.15, -0.1) is 0 Å². The molecule has 1 fully saturated rings. The van der Waals surface area contributed by atoms with Gasteiger partial charge in [-0.1, -0.05) is 39.8 Å². The van der Waals surface area contributed by atoms with E-state index in [4.69, 9.17) is 0 Å². The molecule has 106 valence electrons. The van der Waals surface area contributed by atoms with Crippen LogP contribution in [0.2, 0.25) is 0 Å². The van der Waals surface area contributed by atoms with Crippen molar-refractivity contribution < 1.29 is 0 Å². The van der Waals surface area contributed by atoms with Gasteiger partial charge in [0.2, 0.25) is 0 Å². The van der Waals surface area contributed by atoms with Crippen LogP contribution >= 0.6 is 0 Å². The van der Waals surface area contributed by atoms with E-state index in [0.29, 0.717) is 11.5 Å². The number of rotatable bonds is 5. The Hall–Kier alpha value is -0.300. The van der Waals surface area contributed by atoms with E-state index in [2.05, 4.69) is 46.5 Å². The average molecular weight is 251 g/mol. The predicted molar refractivity (Wildman–Crippen MR) is 81.8 cm³/mol. The Kier molecular flexibility index (Phi) is 5.91. The van der Waals surface area contributed by atoms with Gasteiger partial charge in [0.25, 0.3) is 0 Å². The molecule has 0 aromatic carbocycles. The standard InChI is InChI=1S/C17H33N/c1-7-12-18-16(13(2)3)14-8-10-15(11-9-14)17(4,5)6/h14-16,18H,2,7-12H2,1,3-6H3. The van der Waals surface area contributed by atoms with Crippen LogP contribution in [0.1, 0.15) is 66.7 Å². The van der Waals surface area contributed by atoms with Crippen LogP contribution in [0.25, 0.3) is 0 Å². The molecule has 0 amide bonds. The van der Waals surface area contributed by atoms with Crippen LogP contribution in [0.3, 0.4) is 0 Å². The third-order valence-electron chi connectivity index (χ3n) is 4.61. The van der Waals surface area contributed by atoms with Crippen molar-refractivity contribution in [1.29, 1.82) is 0 Å². The molecule has 0 saturated heterocycles. The largest absolute Gasteiger partial charge is 0.310 e. The van der Waals surface area contributed by atoms with Crippen molar-refractivity contribution in [1.82, 2.24) is 5.32 Å². The molecule has 1 rings (SSSR count). The highest BCUT2D eigenvalue weighted by Crippen LogP contribution is 2.41. The molecular weight excluding hydrogens is 218 g/mol. The fourth-order valence-electron chi connectivity index (χ4n) is 3.36. The molecule has 0 aromatic heterocycles. The summed E-state index contributed by atoms with van der Waals surface area (Å²) in [6.07, 6.45) is 6.74. The average Bonchev–Trinajstić information content (AvgIpc) is 2.28. The van der Waals surface area contributed by atoms with Gasteiger partial charge >= 0.3 is 0 Å². The highest BCUT2D eigenvalue weighted by Gasteiger charge is 2.32. The Morgan fingerprint density at radius 1 is 1.22 bits per heavy atom. The van der Waals surface area contributed by atoms with Gasteiger partial charge in [0, 0.05) is 6.04 Å². The summed E-state index contributed by atoms with van der Waals surface area (Å²) in [7, 11) is 0. The summed E-state index contributed by atoms with van der Waals surface area (Å²) in [5.41, 5.74) is 1.81. The van der Waals surface area contributed by atoms with Crippen molar-refractivity contribution in [3.8, 4) is 0 Å². The van der Waals surface area contributed by atoms with Gasteiger partial charge in [0.1, 0.15) is 0 Å². The maximum absolute atomic E-state index is 4.19. The van der Waals surface area contributed by atoms with Gasteiger partial charge in [0.15, 0.2) is 0 Å². The van der Waals surface area contributed by atoms with E-state index < -0.39 is 0 Å². The molecule has 0 aliphatic heterocycles. The Morgan fingerprint density at radius 3 is 2.17 bits per heavy atom. The van der Waals surface area contributed by atoms with E-state index in [0.717, 1.165) is 18.4 Å². The zero-order chi connectivity index (χ0) is 13.8. The molecule has 1 aliphatic carbocycles. The minimum Gasteiger partial charge on any atom is -0.310 e. The van der Waals surface area contributed by atoms with E-state index in [1.54, 1.807) is 0 Å². The van der Waals surface area contributed by atoms with Crippen LogP contribution in [-0.4, -0.2) is 12.6 Å². The quantitative estimate of drug-likeness (QED) is 0.693. The van der Waals surface area contributed by atoms with Gasteiger partial charge in [-0.25, -0.2) is 0 Å². The third kappa shape index (κ3) is 4.42. The smallest absolute Gasteiger partial charge is 0.0302 e. The first-order chi connectivity index (χ1) is 8.36. The van der Waals surface area contributed by atoms with Gasteiger partial charge in [0.05, 0.1) is 0 Å². The van der Waals surface area contributed by atoms with Gasteiger partial charge in [-0.05, 0) is 62.8 Å². The van der Waals surface area contributed by atoms with Crippen molar-refractivity contribution in [2.24, 2.45) is 17.3 Å². The molecule has 1 heteroatoms. The van der Waals surface area contributed by atoms with Gasteiger partial charge in [-0.2, -0.15) is 0 Å². The SMILES string of the molecule is C=C(C)C(NCCC)C1CCC(C(C)(C)C)CC1. The fourth-order valence-corrected chi connectivity index (χ4v) is 3.36. The Labute approximate surface area is 114 Å². The zero-order valence-corrected chi connectivity index (χ0v) is 13.2. The van der Waals surface area contributed by atoms with Crippen LogP contribution in [0, 0.1) is 17.3 Å². The monoisotopic (exact) mass is 251 g/mol. The minimum atomic E-state index is 0.487. The van der Waals surface area contributed by atoms with Crippen LogP contribution in [0.15, 0.2) is 12.2 Å². The maximum Gasteiger partial charge on any atom is 0.0302 e. The molecule has 1 aliphatic rings. The van der Waals surface area contributed by atoms with E-state index in [1.807, 2.05) is 0 Å². The number of hydrogen-bond donors (Lipinski definition) is 1. The summed E-state index contributed by atoms with van der Waals surface area (Å²) in [5.74, 6) is 1.72. The molecule has 0 aromatic rings. The molecule has 1 N–H and O–H groups in total. The normalized spacial score (nSPS) is 26.9. The summed E-state index contributed by atoms with van der Waals surface area (Å²) in [6, 6.07) is 0.547. The van der Waals surface area contributed by atoms with E-state index >= 15 is 0 Å². The molecule has 1 nitrogen and oxygen atoms in total. The summed E-state index contributed by atoms with van der Waals surface area (Å²) in [6.45, 7) is 16.9. The van der Waals surface area contributed by atoms with Crippen molar-refractivity contribution in [2.75, 3.05) is 6.54 Å². The Bertz CT molecular complexity index is 253. The second kappa shape index (κ2) is 6.75. The summed E-state index contributed by atoms with van der Waals surface area (Å²) < 4.78 is 0. The lowest BCUT2D eigenvalue weighted by Crippen LogP contribution is -2.40. The molecule has 0 spiro atoms. The fraction of sp³-hybridized carbons (Fsp3) is 0.882. The molecular formula is C17H33N. The maximum atomic E-state index is 4.19. The van der Waals surface area contributed by atoms with Crippen molar-refractivity contribution in [3.05, 3.63) is 12.2 Å². The van der Waals surface area contributed by atoms with Crippen LogP contribution in [0.5, 0.6) is 0 Å². The van der Waals surface area contributed by atoms with Crippen LogP contribution in [-0.2, 0) is 0 Å². The number of hydrogen-bond acceptors (Lipinski definition) is 1. The third-order valence-corrected chi connectivity index (χ3v) is 4.61. The first kappa shape index (κ1) is 15.8.